The third kappa shape index (κ3) is 3.78. The molecule has 138 valence electrons. The number of ether oxygens (including phenoxy) is 1. The van der Waals surface area contributed by atoms with Crippen LogP contribution < -0.4 is 14.8 Å². The third-order valence-electron chi connectivity index (χ3n) is 4.13. The highest BCUT2D eigenvalue weighted by Crippen LogP contribution is 2.20. The second-order valence-electron chi connectivity index (χ2n) is 6.14. The fourth-order valence-corrected chi connectivity index (χ4v) is 3.59. The first-order valence-electron chi connectivity index (χ1n) is 8.92. The van der Waals surface area contributed by atoms with Gasteiger partial charge in [-0.2, -0.15) is 9.50 Å². The number of hydrogen-bond donors (Lipinski definition) is 0. The molecule has 0 spiro atoms. The average Bonchev–Trinajstić information content (AvgIpc) is 3.40. The standard InChI is InChI=1S/C20H19N3O3S/c1-2-3-4-11-25-15-9-7-14(8-10-15)18-21-20-23(22-18)19(24)17(27-20)13-16-6-5-12-26-16/h5-10,12-13H,2-4,11H2,1H3/b17-13-. The van der Waals surface area contributed by atoms with E-state index >= 15 is 0 Å². The summed E-state index contributed by atoms with van der Waals surface area (Å²) < 4.78 is 12.9. The monoisotopic (exact) mass is 381 g/mol. The molecule has 6 nitrogen and oxygen atoms in total. The summed E-state index contributed by atoms with van der Waals surface area (Å²) in [7, 11) is 0. The number of unbranched alkanes of at least 4 members (excludes halogenated alkanes) is 2. The van der Waals surface area contributed by atoms with Crippen LogP contribution in [-0.4, -0.2) is 21.2 Å². The molecule has 7 heteroatoms. The summed E-state index contributed by atoms with van der Waals surface area (Å²) in [5.74, 6) is 1.99. The Labute approximate surface area is 159 Å². The molecule has 3 heterocycles. The van der Waals surface area contributed by atoms with Gasteiger partial charge < -0.3 is 9.15 Å². The summed E-state index contributed by atoms with van der Waals surface area (Å²) in [6.45, 7) is 2.89. The van der Waals surface area contributed by atoms with Crippen LogP contribution in [0.15, 0.2) is 51.9 Å². The van der Waals surface area contributed by atoms with E-state index in [0.29, 0.717) is 21.1 Å². The van der Waals surface area contributed by atoms with E-state index in [1.807, 2.05) is 24.3 Å². The van der Waals surface area contributed by atoms with Gasteiger partial charge in [-0.25, -0.2) is 0 Å². The first-order chi connectivity index (χ1) is 13.2. The number of fused-ring (bicyclic) bond motifs is 1. The lowest BCUT2D eigenvalue weighted by Crippen LogP contribution is -2.23. The van der Waals surface area contributed by atoms with Crippen molar-refractivity contribution in [1.82, 2.24) is 14.6 Å². The van der Waals surface area contributed by atoms with Gasteiger partial charge in [0.2, 0.25) is 4.96 Å². The lowest BCUT2D eigenvalue weighted by Gasteiger charge is -2.05. The van der Waals surface area contributed by atoms with E-state index in [2.05, 4.69) is 17.0 Å². The van der Waals surface area contributed by atoms with Crippen molar-refractivity contribution in [2.75, 3.05) is 6.61 Å². The molecule has 0 aliphatic carbocycles. The zero-order chi connectivity index (χ0) is 18.6. The Balaban J connectivity index is 1.55. The van der Waals surface area contributed by atoms with Gasteiger partial charge in [0.15, 0.2) is 5.82 Å². The molecule has 27 heavy (non-hydrogen) atoms. The molecule has 4 rings (SSSR count). The summed E-state index contributed by atoms with van der Waals surface area (Å²) in [5.41, 5.74) is 0.656. The fourth-order valence-electron chi connectivity index (χ4n) is 2.70. The lowest BCUT2D eigenvalue weighted by molar-refractivity contribution is 0.306. The Kier molecular flexibility index (Phi) is 5.02. The third-order valence-corrected chi connectivity index (χ3v) is 5.09. The van der Waals surface area contributed by atoms with Crippen LogP contribution in [0.1, 0.15) is 31.9 Å². The first-order valence-corrected chi connectivity index (χ1v) is 9.74. The van der Waals surface area contributed by atoms with Crippen LogP contribution in [0.25, 0.3) is 22.4 Å². The van der Waals surface area contributed by atoms with Gasteiger partial charge >= 0.3 is 0 Å². The van der Waals surface area contributed by atoms with Crippen molar-refractivity contribution in [3.8, 4) is 17.1 Å². The highest BCUT2D eigenvalue weighted by molar-refractivity contribution is 7.15. The van der Waals surface area contributed by atoms with Crippen LogP contribution in [0.4, 0.5) is 0 Å². The van der Waals surface area contributed by atoms with Crippen molar-refractivity contribution < 1.29 is 9.15 Å². The summed E-state index contributed by atoms with van der Waals surface area (Å²) in [4.78, 5) is 17.6. The SMILES string of the molecule is CCCCCOc1ccc(-c2nc3s/c(=C\c4ccco4)c(=O)n3n2)cc1. The molecular weight excluding hydrogens is 362 g/mol. The Morgan fingerprint density at radius 3 is 2.78 bits per heavy atom. The van der Waals surface area contributed by atoms with Crippen molar-refractivity contribution in [1.29, 1.82) is 0 Å². The molecule has 1 aromatic carbocycles. The predicted octanol–water partition coefficient (Wildman–Crippen LogP) is 3.53. The van der Waals surface area contributed by atoms with Crippen LogP contribution in [0.3, 0.4) is 0 Å². The van der Waals surface area contributed by atoms with Crippen LogP contribution >= 0.6 is 11.3 Å². The Bertz CT molecular complexity index is 1130. The molecule has 0 aliphatic heterocycles. The smallest absolute Gasteiger partial charge is 0.291 e. The molecular formula is C20H19N3O3S. The van der Waals surface area contributed by atoms with Gasteiger partial charge in [0.25, 0.3) is 5.56 Å². The number of benzene rings is 1. The minimum Gasteiger partial charge on any atom is -0.494 e. The normalized spacial score (nSPS) is 12.1. The van der Waals surface area contributed by atoms with E-state index < -0.39 is 0 Å². The molecule has 0 fully saturated rings. The minimum absolute atomic E-state index is 0.193. The number of hydrogen-bond acceptors (Lipinski definition) is 6. The van der Waals surface area contributed by atoms with E-state index in [0.717, 1.165) is 24.3 Å². The topological polar surface area (TPSA) is 69.6 Å². The molecule has 0 unspecified atom stereocenters. The second-order valence-corrected chi connectivity index (χ2v) is 7.15. The number of furan rings is 1. The number of rotatable bonds is 7. The summed E-state index contributed by atoms with van der Waals surface area (Å²) in [6, 6.07) is 11.2. The fraction of sp³-hybridized carbons (Fsp3) is 0.250. The molecule has 0 atom stereocenters. The Morgan fingerprint density at radius 2 is 2.07 bits per heavy atom. The zero-order valence-corrected chi connectivity index (χ0v) is 15.7. The van der Waals surface area contributed by atoms with Gasteiger partial charge in [0.1, 0.15) is 16.0 Å². The van der Waals surface area contributed by atoms with Gasteiger partial charge in [-0.05, 0) is 42.8 Å². The average molecular weight is 381 g/mol. The molecule has 0 saturated heterocycles. The summed E-state index contributed by atoms with van der Waals surface area (Å²) in [5, 5.41) is 4.36. The molecule has 0 N–H and O–H groups in total. The summed E-state index contributed by atoms with van der Waals surface area (Å²) in [6.07, 6.45) is 6.68. The maximum Gasteiger partial charge on any atom is 0.291 e. The van der Waals surface area contributed by atoms with E-state index in [-0.39, 0.29) is 5.56 Å². The Hall–Kier alpha value is -2.93. The van der Waals surface area contributed by atoms with Crippen LogP contribution in [0.2, 0.25) is 0 Å². The molecule has 0 radical (unpaired) electrons. The van der Waals surface area contributed by atoms with Gasteiger partial charge in [-0.3, -0.25) is 4.79 Å². The van der Waals surface area contributed by atoms with Crippen molar-refractivity contribution in [2.24, 2.45) is 0 Å². The van der Waals surface area contributed by atoms with Gasteiger partial charge in [-0.15, -0.1) is 5.10 Å². The van der Waals surface area contributed by atoms with Crippen molar-refractivity contribution in [3.63, 3.8) is 0 Å². The maximum atomic E-state index is 12.5. The van der Waals surface area contributed by atoms with Crippen LogP contribution in [0, 0.1) is 0 Å². The zero-order valence-electron chi connectivity index (χ0n) is 14.9. The van der Waals surface area contributed by atoms with Gasteiger partial charge in [-0.1, -0.05) is 31.1 Å². The van der Waals surface area contributed by atoms with Gasteiger partial charge in [0, 0.05) is 11.6 Å². The number of thiazole rings is 1. The van der Waals surface area contributed by atoms with E-state index in [1.54, 1.807) is 24.5 Å². The van der Waals surface area contributed by atoms with Crippen LogP contribution in [-0.2, 0) is 0 Å². The van der Waals surface area contributed by atoms with Crippen molar-refractivity contribution in [2.45, 2.75) is 26.2 Å². The molecule has 0 bridgehead atoms. The maximum absolute atomic E-state index is 12.5. The predicted molar refractivity (Wildman–Crippen MR) is 105 cm³/mol. The number of aromatic nitrogens is 3. The second kappa shape index (κ2) is 7.75. The first kappa shape index (κ1) is 17.5. The van der Waals surface area contributed by atoms with E-state index in [4.69, 9.17) is 9.15 Å². The molecule has 4 aromatic rings. The molecule has 0 aliphatic rings. The molecule has 0 saturated carbocycles. The highest BCUT2D eigenvalue weighted by Gasteiger charge is 2.12. The largest absolute Gasteiger partial charge is 0.494 e. The number of nitrogens with zero attached hydrogens (tertiary/aromatic N) is 3. The van der Waals surface area contributed by atoms with E-state index in [1.165, 1.54) is 28.7 Å². The van der Waals surface area contributed by atoms with E-state index in [9.17, 15) is 4.79 Å². The lowest BCUT2D eigenvalue weighted by atomic mass is 10.2. The minimum atomic E-state index is -0.193. The van der Waals surface area contributed by atoms with Crippen molar-refractivity contribution >= 4 is 22.4 Å². The summed E-state index contributed by atoms with van der Waals surface area (Å²) >= 11 is 1.29. The highest BCUT2D eigenvalue weighted by atomic mass is 32.1. The van der Waals surface area contributed by atoms with Crippen LogP contribution in [0.5, 0.6) is 5.75 Å². The van der Waals surface area contributed by atoms with Gasteiger partial charge in [0.05, 0.1) is 12.9 Å². The molecule has 3 aromatic heterocycles. The molecule has 0 amide bonds. The van der Waals surface area contributed by atoms with Crippen molar-refractivity contribution in [3.05, 3.63) is 63.3 Å². The Morgan fingerprint density at radius 1 is 1.22 bits per heavy atom. The quantitative estimate of drug-likeness (QED) is 0.458.